The molecule has 0 radical (unpaired) electrons. The van der Waals surface area contributed by atoms with Crippen LogP contribution in [0.4, 0.5) is 0 Å². The monoisotopic (exact) mass is 278 g/mol. The van der Waals surface area contributed by atoms with Crippen molar-refractivity contribution >= 4 is 11.8 Å². The Morgan fingerprint density at radius 3 is 2.90 bits per heavy atom. The van der Waals surface area contributed by atoms with Crippen molar-refractivity contribution in [3.05, 3.63) is 18.2 Å². The number of ether oxygens (including phenoxy) is 1. The van der Waals surface area contributed by atoms with Gasteiger partial charge in [-0.05, 0) is 26.2 Å². The summed E-state index contributed by atoms with van der Waals surface area (Å²) in [7, 11) is 1.92. The lowest BCUT2D eigenvalue weighted by Crippen LogP contribution is -2.43. The van der Waals surface area contributed by atoms with Crippen LogP contribution >= 0.6 is 0 Å². The lowest BCUT2D eigenvalue weighted by Gasteiger charge is -2.33. The van der Waals surface area contributed by atoms with Crippen molar-refractivity contribution in [1.29, 1.82) is 0 Å². The molecule has 0 bridgehead atoms. The molecule has 20 heavy (non-hydrogen) atoms. The summed E-state index contributed by atoms with van der Waals surface area (Å²) >= 11 is 0. The van der Waals surface area contributed by atoms with Crippen molar-refractivity contribution in [3.63, 3.8) is 0 Å². The van der Waals surface area contributed by atoms with Crippen LogP contribution in [-0.2, 0) is 27.8 Å². The van der Waals surface area contributed by atoms with E-state index < -0.39 is 5.41 Å². The molecule has 1 heterocycles. The Morgan fingerprint density at radius 2 is 2.30 bits per heavy atom. The highest BCUT2D eigenvalue weighted by molar-refractivity contribution is 6.04. The number of aromatic nitrogens is 2. The zero-order valence-corrected chi connectivity index (χ0v) is 12.2. The van der Waals surface area contributed by atoms with Crippen LogP contribution in [0.15, 0.2) is 12.4 Å². The van der Waals surface area contributed by atoms with Gasteiger partial charge >= 0.3 is 5.97 Å². The van der Waals surface area contributed by atoms with Crippen LogP contribution in [0.1, 0.15) is 44.9 Å². The van der Waals surface area contributed by atoms with Gasteiger partial charge in [-0.1, -0.05) is 6.42 Å². The van der Waals surface area contributed by atoms with Crippen LogP contribution in [0.3, 0.4) is 0 Å². The summed E-state index contributed by atoms with van der Waals surface area (Å²) in [5, 5.41) is 0. The van der Waals surface area contributed by atoms with Crippen LogP contribution in [-0.4, -0.2) is 27.9 Å². The number of hydrogen-bond donors (Lipinski definition) is 0. The highest BCUT2D eigenvalue weighted by Crippen LogP contribution is 2.38. The molecule has 1 saturated carbocycles. The fourth-order valence-corrected chi connectivity index (χ4v) is 2.91. The molecule has 0 amide bonds. The quantitative estimate of drug-likeness (QED) is 0.611. The average molecular weight is 278 g/mol. The van der Waals surface area contributed by atoms with Gasteiger partial charge in [-0.2, -0.15) is 0 Å². The molecular weight excluding hydrogens is 256 g/mol. The molecule has 5 heteroatoms. The van der Waals surface area contributed by atoms with Gasteiger partial charge in [0.2, 0.25) is 0 Å². The molecule has 1 fully saturated rings. The Kier molecular flexibility index (Phi) is 4.57. The molecule has 5 nitrogen and oxygen atoms in total. The summed E-state index contributed by atoms with van der Waals surface area (Å²) < 4.78 is 7.09. The van der Waals surface area contributed by atoms with Gasteiger partial charge in [-0.25, -0.2) is 4.98 Å². The van der Waals surface area contributed by atoms with E-state index >= 15 is 0 Å². The summed E-state index contributed by atoms with van der Waals surface area (Å²) in [6.45, 7) is 2.09. The summed E-state index contributed by atoms with van der Waals surface area (Å²) in [4.78, 5) is 28.9. The highest BCUT2D eigenvalue weighted by atomic mass is 16.5. The normalized spacial score (nSPS) is 22.8. The summed E-state index contributed by atoms with van der Waals surface area (Å²) in [5.74, 6) is 0.586. The van der Waals surface area contributed by atoms with Gasteiger partial charge in [0.15, 0.2) is 0 Å². The lowest BCUT2D eigenvalue weighted by atomic mass is 9.70. The third-order valence-electron chi connectivity index (χ3n) is 4.15. The van der Waals surface area contributed by atoms with Crippen molar-refractivity contribution in [2.75, 3.05) is 6.61 Å². The SMILES string of the molecule is CCOC(=O)C1(CCc2nccn2C)CCCCC1=O. The number of aryl methyl sites for hydroxylation is 2. The van der Waals surface area contributed by atoms with E-state index in [1.807, 2.05) is 17.8 Å². The molecule has 1 aliphatic rings. The van der Waals surface area contributed by atoms with Gasteiger partial charge in [-0.3, -0.25) is 9.59 Å². The zero-order valence-electron chi connectivity index (χ0n) is 12.2. The molecule has 0 saturated heterocycles. The lowest BCUT2D eigenvalue weighted by molar-refractivity contribution is -0.162. The molecule has 2 rings (SSSR count). The van der Waals surface area contributed by atoms with Crippen molar-refractivity contribution in [1.82, 2.24) is 9.55 Å². The molecule has 1 unspecified atom stereocenters. The maximum absolute atomic E-state index is 12.3. The Bertz CT molecular complexity index is 495. The number of imidazole rings is 1. The fourth-order valence-electron chi connectivity index (χ4n) is 2.91. The van der Waals surface area contributed by atoms with Gasteiger partial charge in [0.25, 0.3) is 0 Å². The molecule has 1 aromatic heterocycles. The van der Waals surface area contributed by atoms with Gasteiger partial charge in [0.1, 0.15) is 17.0 Å². The topological polar surface area (TPSA) is 61.2 Å². The van der Waals surface area contributed by atoms with E-state index in [9.17, 15) is 9.59 Å². The maximum Gasteiger partial charge on any atom is 0.319 e. The Hall–Kier alpha value is -1.65. The number of nitrogens with zero attached hydrogens (tertiary/aromatic N) is 2. The van der Waals surface area contributed by atoms with Gasteiger partial charge in [0, 0.05) is 32.3 Å². The van der Waals surface area contributed by atoms with Gasteiger partial charge < -0.3 is 9.30 Å². The molecule has 1 aliphatic carbocycles. The number of carbonyl (C=O) groups is 2. The minimum absolute atomic E-state index is 0.0383. The molecule has 0 N–H and O–H groups in total. The first-order valence-corrected chi connectivity index (χ1v) is 7.27. The smallest absolute Gasteiger partial charge is 0.319 e. The second-order valence-electron chi connectivity index (χ2n) is 5.39. The first-order valence-electron chi connectivity index (χ1n) is 7.27. The standard InChI is InChI=1S/C15H22N2O3/c1-3-20-14(19)15(8-5-4-6-12(15)18)9-7-13-16-10-11-17(13)2/h10-11H,3-9H2,1-2H3. The zero-order chi connectivity index (χ0) is 14.6. The second kappa shape index (κ2) is 6.20. The Labute approximate surface area is 119 Å². The largest absolute Gasteiger partial charge is 0.465 e. The van der Waals surface area contributed by atoms with Crippen LogP contribution in [0.5, 0.6) is 0 Å². The van der Waals surface area contributed by atoms with Gasteiger partial charge in [0.05, 0.1) is 6.61 Å². The van der Waals surface area contributed by atoms with Crippen LogP contribution < -0.4 is 0 Å². The molecular formula is C15H22N2O3. The second-order valence-corrected chi connectivity index (χ2v) is 5.39. The highest BCUT2D eigenvalue weighted by Gasteiger charge is 2.47. The predicted molar refractivity (Wildman–Crippen MR) is 74.1 cm³/mol. The van der Waals surface area contributed by atoms with Crippen LogP contribution in [0, 0.1) is 5.41 Å². The third kappa shape index (κ3) is 2.76. The number of esters is 1. The van der Waals surface area contributed by atoms with Gasteiger partial charge in [-0.15, -0.1) is 0 Å². The van der Waals surface area contributed by atoms with E-state index in [1.165, 1.54) is 0 Å². The first kappa shape index (κ1) is 14.8. The number of hydrogen-bond acceptors (Lipinski definition) is 4. The maximum atomic E-state index is 12.3. The molecule has 1 atom stereocenters. The number of rotatable bonds is 5. The van der Waals surface area contributed by atoms with E-state index in [1.54, 1.807) is 13.1 Å². The van der Waals surface area contributed by atoms with E-state index in [-0.39, 0.29) is 11.8 Å². The van der Waals surface area contributed by atoms with Crippen molar-refractivity contribution in [2.24, 2.45) is 12.5 Å². The molecule has 1 aromatic rings. The van der Waals surface area contributed by atoms with Crippen molar-refractivity contribution in [3.8, 4) is 0 Å². The number of ketones is 1. The summed E-state index contributed by atoms with van der Waals surface area (Å²) in [6, 6.07) is 0. The Morgan fingerprint density at radius 1 is 1.50 bits per heavy atom. The summed E-state index contributed by atoms with van der Waals surface area (Å²) in [5.41, 5.74) is -0.944. The van der Waals surface area contributed by atoms with E-state index in [2.05, 4.69) is 4.98 Å². The first-order chi connectivity index (χ1) is 9.60. The summed E-state index contributed by atoms with van der Waals surface area (Å²) in [6.07, 6.45) is 7.59. The predicted octanol–water partition coefficient (Wildman–Crippen LogP) is 2.05. The average Bonchev–Trinajstić information content (AvgIpc) is 2.84. The fraction of sp³-hybridized carbons (Fsp3) is 0.667. The van der Waals surface area contributed by atoms with Crippen LogP contribution in [0.25, 0.3) is 0 Å². The number of carbonyl (C=O) groups excluding carboxylic acids is 2. The third-order valence-corrected chi connectivity index (χ3v) is 4.15. The van der Waals surface area contributed by atoms with E-state index in [4.69, 9.17) is 4.74 Å². The van der Waals surface area contributed by atoms with Crippen molar-refractivity contribution < 1.29 is 14.3 Å². The molecule has 0 aliphatic heterocycles. The molecule has 110 valence electrons. The molecule has 0 spiro atoms. The van der Waals surface area contributed by atoms with Crippen LogP contribution in [0.2, 0.25) is 0 Å². The minimum atomic E-state index is -0.944. The van der Waals surface area contributed by atoms with E-state index in [0.717, 1.165) is 18.7 Å². The van der Waals surface area contributed by atoms with E-state index in [0.29, 0.717) is 32.3 Å². The molecule has 0 aromatic carbocycles. The number of Topliss-reactive ketones (excluding diaryl/α,β-unsaturated/α-hetero) is 1. The Balaban J connectivity index is 2.16. The minimum Gasteiger partial charge on any atom is -0.465 e. The van der Waals surface area contributed by atoms with Crippen molar-refractivity contribution in [2.45, 2.75) is 45.4 Å².